The molecule has 0 aliphatic carbocycles. The van der Waals surface area contributed by atoms with E-state index < -0.39 is 11.6 Å². The SMILES string of the molecule is CC(C)(C)OC(=O)N1CCN(C2CCNc3c2nn(-c2ccc(Oc4ccccc4)cc2)c3C(=O)O)CC1. The number of hydrogen-bond donors (Lipinski definition) is 2. The molecule has 38 heavy (non-hydrogen) atoms. The van der Waals surface area contributed by atoms with Crippen LogP contribution in [0.4, 0.5) is 10.5 Å². The number of aromatic nitrogens is 2. The molecule has 10 nitrogen and oxygen atoms in total. The van der Waals surface area contributed by atoms with Crippen LogP contribution in [0.15, 0.2) is 54.6 Å². The molecule has 2 aliphatic heterocycles. The van der Waals surface area contributed by atoms with Gasteiger partial charge in [-0.3, -0.25) is 4.90 Å². The van der Waals surface area contributed by atoms with Gasteiger partial charge in [0.25, 0.3) is 0 Å². The molecule has 0 spiro atoms. The number of carbonyl (C=O) groups excluding carboxylic acids is 1. The van der Waals surface area contributed by atoms with Crippen LogP contribution in [0.5, 0.6) is 11.5 Å². The topological polar surface area (TPSA) is 109 Å². The highest BCUT2D eigenvalue weighted by molar-refractivity contribution is 5.94. The van der Waals surface area contributed by atoms with Gasteiger partial charge in [-0.15, -0.1) is 0 Å². The average molecular weight is 520 g/mol. The van der Waals surface area contributed by atoms with Gasteiger partial charge in [-0.05, 0) is 63.6 Å². The average Bonchev–Trinajstić information content (AvgIpc) is 3.29. The van der Waals surface area contributed by atoms with E-state index in [0.717, 1.165) is 12.2 Å². The number of anilines is 1. The number of nitrogens with one attached hydrogen (secondary N) is 1. The minimum Gasteiger partial charge on any atom is -0.476 e. The zero-order valence-corrected chi connectivity index (χ0v) is 21.9. The van der Waals surface area contributed by atoms with Crippen molar-refractivity contribution in [3.63, 3.8) is 0 Å². The number of para-hydroxylation sites is 1. The maximum Gasteiger partial charge on any atom is 0.410 e. The molecular weight excluding hydrogens is 486 g/mol. The summed E-state index contributed by atoms with van der Waals surface area (Å²) in [6.07, 6.45) is 0.486. The molecule has 5 rings (SSSR count). The van der Waals surface area contributed by atoms with Gasteiger partial charge in [-0.1, -0.05) is 18.2 Å². The lowest BCUT2D eigenvalue weighted by molar-refractivity contribution is 0.00951. The van der Waals surface area contributed by atoms with E-state index in [9.17, 15) is 14.7 Å². The molecule has 1 unspecified atom stereocenters. The van der Waals surface area contributed by atoms with E-state index in [2.05, 4.69) is 10.2 Å². The summed E-state index contributed by atoms with van der Waals surface area (Å²) in [6.45, 7) is 8.62. The van der Waals surface area contributed by atoms with Crippen molar-refractivity contribution in [2.24, 2.45) is 0 Å². The number of carboxylic acid groups (broad SMARTS) is 1. The van der Waals surface area contributed by atoms with Crippen LogP contribution in [0.2, 0.25) is 0 Å². The molecule has 1 atom stereocenters. The zero-order chi connectivity index (χ0) is 26.9. The van der Waals surface area contributed by atoms with Crippen molar-refractivity contribution in [2.75, 3.05) is 38.0 Å². The maximum absolute atomic E-state index is 12.5. The van der Waals surface area contributed by atoms with Gasteiger partial charge in [0.15, 0.2) is 5.69 Å². The number of carbonyl (C=O) groups is 2. The molecular formula is C28H33N5O5. The van der Waals surface area contributed by atoms with Crippen molar-refractivity contribution in [2.45, 2.75) is 38.8 Å². The predicted molar refractivity (Wildman–Crippen MR) is 142 cm³/mol. The molecule has 2 aromatic carbocycles. The number of piperazine rings is 1. The third-order valence-corrected chi connectivity index (χ3v) is 6.62. The monoisotopic (exact) mass is 519 g/mol. The Bertz CT molecular complexity index is 1290. The Kier molecular flexibility index (Phi) is 6.98. The summed E-state index contributed by atoms with van der Waals surface area (Å²) in [5.41, 5.74) is 1.46. The molecule has 2 aliphatic rings. The van der Waals surface area contributed by atoms with E-state index in [4.69, 9.17) is 14.6 Å². The molecule has 1 saturated heterocycles. The lowest BCUT2D eigenvalue weighted by Crippen LogP contribution is -2.51. The quantitative estimate of drug-likeness (QED) is 0.496. The van der Waals surface area contributed by atoms with Gasteiger partial charge in [0, 0.05) is 32.7 Å². The molecule has 2 N–H and O–H groups in total. The van der Waals surface area contributed by atoms with Gasteiger partial charge in [-0.25, -0.2) is 14.3 Å². The van der Waals surface area contributed by atoms with Crippen molar-refractivity contribution >= 4 is 17.7 Å². The van der Waals surface area contributed by atoms with Gasteiger partial charge in [0.2, 0.25) is 0 Å². The Morgan fingerprint density at radius 3 is 2.26 bits per heavy atom. The van der Waals surface area contributed by atoms with Crippen molar-refractivity contribution in [3.05, 3.63) is 66.0 Å². The van der Waals surface area contributed by atoms with Gasteiger partial charge >= 0.3 is 12.1 Å². The Hall–Kier alpha value is -4.05. The first-order valence-corrected chi connectivity index (χ1v) is 12.8. The number of aromatic carboxylic acids is 1. The largest absolute Gasteiger partial charge is 0.476 e. The van der Waals surface area contributed by atoms with E-state index in [1.165, 1.54) is 4.68 Å². The number of fused-ring (bicyclic) bond motifs is 1. The molecule has 0 saturated carbocycles. The number of nitrogens with zero attached hydrogens (tertiary/aromatic N) is 4. The molecule has 3 heterocycles. The van der Waals surface area contributed by atoms with Crippen molar-refractivity contribution in [1.82, 2.24) is 19.6 Å². The Labute approximate surface area is 221 Å². The third kappa shape index (κ3) is 5.45. The summed E-state index contributed by atoms with van der Waals surface area (Å²) < 4.78 is 12.9. The van der Waals surface area contributed by atoms with Crippen molar-refractivity contribution in [3.8, 4) is 17.2 Å². The Morgan fingerprint density at radius 1 is 0.974 bits per heavy atom. The van der Waals surface area contributed by atoms with Crippen LogP contribution >= 0.6 is 0 Å². The summed E-state index contributed by atoms with van der Waals surface area (Å²) in [7, 11) is 0. The van der Waals surface area contributed by atoms with Crippen LogP contribution in [0, 0.1) is 0 Å². The lowest BCUT2D eigenvalue weighted by Gasteiger charge is -2.40. The summed E-state index contributed by atoms with van der Waals surface area (Å²) in [4.78, 5) is 28.8. The van der Waals surface area contributed by atoms with Crippen LogP contribution in [0.25, 0.3) is 5.69 Å². The molecule has 200 valence electrons. The van der Waals surface area contributed by atoms with Crippen LogP contribution in [-0.2, 0) is 4.74 Å². The molecule has 1 aromatic heterocycles. The fourth-order valence-corrected chi connectivity index (χ4v) is 4.88. The minimum atomic E-state index is -1.05. The standard InChI is InChI=1S/C28H33N5O5/c1-28(2,3)38-27(36)32-17-15-31(16-18-32)22-13-14-29-24-23(22)30-33(25(24)26(34)35)19-9-11-21(12-10-19)37-20-7-5-4-6-8-20/h4-12,22,29H,13-18H2,1-3H3,(H,34,35). The van der Waals surface area contributed by atoms with E-state index in [1.54, 1.807) is 29.2 Å². The van der Waals surface area contributed by atoms with Gasteiger partial charge < -0.3 is 24.8 Å². The van der Waals surface area contributed by atoms with Crippen LogP contribution in [0.1, 0.15) is 49.4 Å². The summed E-state index contributed by atoms with van der Waals surface area (Å²) >= 11 is 0. The second kappa shape index (κ2) is 10.4. The van der Waals surface area contributed by atoms with Crippen LogP contribution in [-0.4, -0.2) is 75.1 Å². The fourth-order valence-electron chi connectivity index (χ4n) is 4.88. The number of rotatable bonds is 5. The van der Waals surface area contributed by atoms with E-state index >= 15 is 0 Å². The van der Waals surface area contributed by atoms with Gasteiger partial charge in [-0.2, -0.15) is 5.10 Å². The van der Waals surface area contributed by atoms with Crippen molar-refractivity contribution < 1.29 is 24.2 Å². The highest BCUT2D eigenvalue weighted by Gasteiger charge is 2.36. The van der Waals surface area contributed by atoms with Gasteiger partial charge in [0.1, 0.15) is 22.8 Å². The summed E-state index contributed by atoms with van der Waals surface area (Å²) in [5, 5.41) is 18.2. The van der Waals surface area contributed by atoms with Crippen LogP contribution in [0.3, 0.4) is 0 Å². The Morgan fingerprint density at radius 2 is 1.63 bits per heavy atom. The Balaban J connectivity index is 1.36. The zero-order valence-electron chi connectivity index (χ0n) is 21.9. The second-order valence-electron chi connectivity index (χ2n) is 10.5. The molecule has 1 amide bonds. The van der Waals surface area contributed by atoms with E-state index in [-0.39, 0.29) is 17.8 Å². The lowest BCUT2D eigenvalue weighted by atomic mass is 10.0. The first kappa shape index (κ1) is 25.6. The first-order chi connectivity index (χ1) is 18.2. The van der Waals surface area contributed by atoms with E-state index in [0.29, 0.717) is 55.5 Å². The number of benzene rings is 2. The summed E-state index contributed by atoms with van der Waals surface area (Å²) in [6, 6.07) is 16.6. The fraction of sp³-hybridized carbons (Fsp3) is 0.393. The third-order valence-electron chi connectivity index (χ3n) is 6.62. The van der Waals surface area contributed by atoms with Crippen LogP contribution < -0.4 is 10.1 Å². The predicted octanol–water partition coefficient (Wildman–Crippen LogP) is 4.77. The van der Waals surface area contributed by atoms with Crippen molar-refractivity contribution in [1.29, 1.82) is 0 Å². The second-order valence-corrected chi connectivity index (χ2v) is 10.5. The smallest absolute Gasteiger partial charge is 0.410 e. The molecule has 1 fully saturated rings. The number of amides is 1. The first-order valence-electron chi connectivity index (χ1n) is 12.8. The summed E-state index contributed by atoms with van der Waals surface area (Å²) in [5.74, 6) is 0.318. The number of carboxylic acids is 1. The molecule has 0 bridgehead atoms. The highest BCUT2D eigenvalue weighted by atomic mass is 16.6. The molecule has 3 aromatic rings. The normalized spacial score (nSPS) is 17.9. The maximum atomic E-state index is 12.5. The molecule has 0 radical (unpaired) electrons. The van der Waals surface area contributed by atoms with E-state index in [1.807, 2.05) is 51.1 Å². The van der Waals surface area contributed by atoms with Gasteiger partial charge in [0.05, 0.1) is 17.4 Å². The number of ether oxygens (including phenoxy) is 2. The highest BCUT2D eigenvalue weighted by Crippen LogP contribution is 2.37. The minimum absolute atomic E-state index is 0.0490. The molecule has 10 heteroatoms. The number of hydrogen-bond acceptors (Lipinski definition) is 7.